The average molecular weight is 436 g/mol. The average Bonchev–Trinajstić information content (AvgIpc) is 3.15. The molecule has 32 heavy (non-hydrogen) atoms. The maximum Gasteiger partial charge on any atom is 0.253 e. The molecule has 2 aromatic carbocycles. The monoisotopic (exact) mass is 435 g/mol. The second-order valence-corrected chi connectivity index (χ2v) is 8.04. The number of morpholine rings is 1. The molecule has 0 bridgehead atoms. The molecule has 0 N–H and O–H groups in total. The fraction of sp³-hybridized carbons (Fsp3) is 0.360. The van der Waals surface area contributed by atoms with E-state index in [1.165, 1.54) is 5.69 Å². The zero-order chi connectivity index (χ0) is 22.5. The van der Waals surface area contributed by atoms with Gasteiger partial charge in [-0.15, -0.1) is 0 Å². The third kappa shape index (κ3) is 5.11. The number of anilines is 1. The maximum atomic E-state index is 12.9. The van der Waals surface area contributed by atoms with E-state index in [0.717, 1.165) is 48.9 Å². The van der Waals surface area contributed by atoms with Gasteiger partial charge in [0.2, 0.25) is 0 Å². The molecular formula is C25H29N3O4. The summed E-state index contributed by atoms with van der Waals surface area (Å²) in [7, 11) is 1.82. The number of carbonyl (C=O) groups is 1. The standard InChI is InChI=1S/C25H29N3O4/c1-18-24(19(2)32-26-18)17-31-23-10-6-21(7-11-23)25(29)27(3)16-20-4-8-22(9-5-20)28-12-14-30-15-13-28/h4-11H,12-17H2,1-3H3. The summed E-state index contributed by atoms with van der Waals surface area (Å²) < 4.78 is 16.4. The molecule has 1 aliphatic rings. The molecule has 0 atom stereocenters. The van der Waals surface area contributed by atoms with Gasteiger partial charge >= 0.3 is 0 Å². The van der Waals surface area contributed by atoms with Crippen LogP contribution in [-0.4, -0.2) is 49.3 Å². The normalized spacial score (nSPS) is 13.8. The molecule has 168 valence electrons. The Morgan fingerprint density at radius 1 is 1.06 bits per heavy atom. The van der Waals surface area contributed by atoms with Gasteiger partial charge in [-0.1, -0.05) is 17.3 Å². The van der Waals surface area contributed by atoms with Crippen LogP contribution in [0.5, 0.6) is 5.75 Å². The Kier molecular flexibility index (Phi) is 6.75. The van der Waals surface area contributed by atoms with Crippen LogP contribution in [0.2, 0.25) is 0 Å². The van der Waals surface area contributed by atoms with E-state index in [-0.39, 0.29) is 5.91 Å². The molecule has 1 aliphatic heterocycles. The van der Waals surface area contributed by atoms with Gasteiger partial charge in [-0.05, 0) is 55.8 Å². The number of aromatic nitrogens is 1. The lowest BCUT2D eigenvalue weighted by atomic mass is 10.1. The van der Waals surface area contributed by atoms with Gasteiger partial charge in [-0.25, -0.2) is 0 Å². The van der Waals surface area contributed by atoms with E-state index in [0.29, 0.717) is 24.5 Å². The summed E-state index contributed by atoms with van der Waals surface area (Å²) in [6, 6.07) is 15.6. The predicted molar refractivity (Wildman–Crippen MR) is 122 cm³/mol. The highest BCUT2D eigenvalue weighted by Crippen LogP contribution is 2.20. The van der Waals surface area contributed by atoms with E-state index in [9.17, 15) is 4.79 Å². The van der Waals surface area contributed by atoms with Crippen molar-refractivity contribution in [3.63, 3.8) is 0 Å². The van der Waals surface area contributed by atoms with Crippen molar-refractivity contribution in [2.24, 2.45) is 0 Å². The number of ether oxygens (including phenoxy) is 2. The van der Waals surface area contributed by atoms with E-state index in [1.807, 2.05) is 33.0 Å². The fourth-order valence-corrected chi connectivity index (χ4v) is 3.76. The summed E-state index contributed by atoms with van der Waals surface area (Å²) in [4.78, 5) is 16.9. The van der Waals surface area contributed by atoms with Crippen molar-refractivity contribution in [2.75, 3.05) is 38.3 Å². The van der Waals surface area contributed by atoms with Crippen LogP contribution >= 0.6 is 0 Å². The number of amides is 1. The Morgan fingerprint density at radius 3 is 2.38 bits per heavy atom. The van der Waals surface area contributed by atoms with Gasteiger partial charge in [-0.3, -0.25) is 4.79 Å². The third-order valence-corrected chi connectivity index (χ3v) is 5.74. The molecule has 1 saturated heterocycles. The first-order valence-electron chi connectivity index (χ1n) is 10.8. The molecule has 1 aromatic heterocycles. The topological polar surface area (TPSA) is 68.0 Å². The van der Waals surface area contributed by atoms with Gasteiger partial charge in [0.05, 0.1) is 24.5 Å². The molecule has 0 unspecified atom stereocenters. The van der Waals surface area contributed by atoms with Crippen LogP contribution < -0.4 is 9.64 Å². The summed E-state index contributed by atoms with van der Waals surface area (Å²) in [5.41, 5.74) is 4.69. The molecule has 4 rings (SSSR count). The Morgan fingerprint density at radius 2 is 1.75 bits per heavy atom. The largest absolute Gasteiger partial charge is 0.489 e. The van der Waals surface area contributed by atoms with Crippen molar-refractivity contribution in [1.82, 2.24) is 10.1 Å². The van der Waals surface area contributed by atoms with Crippen molar-refractivity contribution in [1.29, 1.82) is 0 Å². The number of aryl methyl sites for hydroxylation is 2. The minimum Gasteiger partial charge on any atom is -0.489 e. The minimum atomic E-state index is -0.0282. The van der Waals surface area contributed by atoms with Crippen LogP contribution in [0.25, 0.3) is 0 Å². The molecule has 2 heterocycles. The Labute approximate surface area is 188 Å². The first kappa shape index (κ1) is 21.9. The lowest BCUT2D eigenvalue weighted by Gasteiger charge is -2.29. The maximum absolute atomic E-state index is 12.9. The number of hydrogen-bond acceptors (Lipinski definition) is 6. The Balaban J connectivity index is 1.32. The Bertz CT molecular complexity index is 1020. The van der Waals surface area contributed by atoms with Gasteiger partial charge in [0.25, 0.3) is 5.91 Å². The number of nitrogens with zero attached hydrogens (tertiary/aromatic N) is 3. The second kappa shape index (κ2) is 9.87. The van der Waals surface area contributed by atoms with E-state index < -0.39 is 0 Å². The lowest BCUT2D eigenvalue weighted by Crippen LogP contribution is -2.36. The summed E-state index contributed by atoms with van der Waals surface area (Å²) in [6.45, 7) is 8.05. The van der Waals surface area contributed by atoms with Gasteiger partial charge in [0, 0.05) is 37.9 Å². The van der Waals surface area contributed by atoms with Crippen LogP contribution in [0.4, 0.5) is 5.69 Å². The highest BCUT2D eigenvalue weighted by Gasteiger charge is 2.15. The molecule has 1 amide bonds. The quantitative estimate of drug-likeness (QED) is 0.559. The SMILES string of the molecule is Cc1noc(C)c1COc1ccc(C(=O)N(C)Cc2ccc(N3CCOCC3)cc2)cc1. The molecular weight excluding hydrogens is 406 g/mol. The molecule has 0 spiro atoms. The number of carbonyl (C=O) groups excluding carboxylic acids is 1. The summed E-state index contributed by atoms with van der Waals surface area (Å²) in [5, 5.41) is 3.94. The zero-order valence-electron chi connectivity index (χ0n) is 18.8. The summed E-state index contributed by atoms with van der Waals surface area (Å²) in [6.07, 6.45) is 0. The molecule has 7 heteroatoms. The molecule has 0 saturated carbocycles. The van der Waals surface area contributed by atoms with E-state index >= 15 is 0 Å². The number of benzene rings is 2. The Hall–Kier alpha value is -3.32. The summed E-state index contributed by atoms with van der Waals surface area (Å²) in [5.74, 6) is 1.43. The molecule has 1 fully saturated rings. The number of hydrogen-bond donors (Lipinski definition) is 0. The highest BCUT2D eigenvalue weighted by atomic mass is 16.5. The van der Waals surface area contributed by atoms with Gasteiger partial charge in [0.1, 0.15) is 18.1 Å². The van der Waals surface area contributed by atoms with Crippen molar-refractivity contribution in [3.05, 3.63) is 76.7 Å². The zero-order valence-corrected chi connectivity index (χ0v) is 18.8. The first-order chi connectivity index (χ1) is 15.5. The van der Waals surface area contributed by atoms with Crippen molar-refractivity contribution >= 4 is 11.6 Å². The third-order valence-electron chi connectivity index (χ3n) is 5.74. The van der Waals surface area contributed by atoms with E-state index in [4.69, 9.17) is 14.0 Å². The predicted octanol–water partition coefficient (Wildman–Crippen LogP) is 3.98. The molecule has 3 aromatic rings. The minimum absolute atomic E-state index is 0.0282. The smallest absolute Gasteiger partial charge is 0.253 e. The van der Waals surface area contributed by atoms with E-state index in [2.05, 4.69) is 34.3 Å². The van der Waals surface area contributed by atoms with Crippen LogP contribution in [-0.2, 0) is 17.9 Å². The fourth-order valence-electron chi connectivity index (χ4n) is 3.76. The highest BCUT2D eigenvalue weighted by molar-refractivity contribution is 5.94. The molecule has 7 nitrogen and oxygen atoms in total. The van der Waals surface area contributed by atoms with Crippen LogP contribution in [0, 0.1) is 13.8 Å². The number of rotatable bonds is 7. The molecule has 0 aliphatic carbocycles. The first-order valence-corrected chi connectivity index (χ1v) is 10.8. The van der Waals surface area contributed by atoms with E-state index in [1.54, 1.807) is 17.0 Å². The van der Waals surface area contributed by atoms with Crippen LogP contribution in [0.1, 0.15) is 32.9 Å². The van der Waals surface area contributed by atoms with Gasteiger partial charge in [0.15, 0.2) is 0 Å². The van der Waals surface area contributed by atoms with Crippen molar-refractivity contribution in [3.8, 4) is 5.75 Å². The van der Waals surface area contributed by atoms with Crippen LogP contribution in [0.3, 0.4) is 0 Å². The lowest BCUT2D eigenvalue weighted by molar-refractivity contribution is 0.0785. The molecule has 0 radical (unpaired) electrons. The van der Waals surface area contributed by atoms with Crippen molar-refractivity contribution in [2.45, 2.75) is 27.0 Å². The van der Waals surface area contributed by atoms with Gasteiger partial charge in [-0.2, -0.15) is 0 Å². The summed E-state index contributed by atoms with van der Waals surface area (Å²) >= 11 is 0. The van der Waals surface area contributed by atoms with Gasteiger partial charge < -0.3 is 23.8 Å². The van der Waals surface area contributed by atoms with Crippen LogP contribution in [0.15, 0.2) is 53.1 Å². The van der Waals surface area contributed by atoms with Crippen molar-refractivity contribution < 1.29 is 18.8 Å². The second-order valence-electron chi connectivity index (χ2n) is 8.04.